The van der Waals surface area contributed by atoms with Gasteiger partial charge in [0.05, 0.1) is 19.3 Å². The Labute approximate surface area is 169 Å². The van der Waals surface area contributed by atoms with Crippen LogP contribution in [-0.4, -0.2) is 55.7 Å². The molecule has 4 atom stereocenters. The molecule has 1 rings (SSSR count). The molecule has 1 saturated heterocycles. The standard InChI is InChI=1S/C21H39NO6/c1-8-11-26-18-13-25-12-17(22-20(24)28-21(5,6)7)19(23)27-15(4)16(18)10-9-14(2)3/h14-18H,8-13H2,1-7H3,(H,22,24). The molecule has 1 heterocycles. The number of carbonyl (C=O) groups excluding carboxylic acids is 2. The highest BCUT2D eigenvalue weighted by molar-refractivity contribution is 5.81. The van der Waals surface area contributed by atoms with Crippen LogP contribution in [0.4, 0.5) is 4.79 Å². The molecule has 0 aliphatic carbocycles. The molecule has 1 fully saturated rings. The predicted molar refractivity (Wildman–Crippen MR) is 107 cm³/mol. The Morgan fingerprint density at radius 2 is 1.96 bits per heavy atom. The molecule has 1 aliphatic heterocycles. The predicted octanol–water partition coefficient (Wildman–Crippen LogP) is 3.69. The third-order valence-corrected chi connectivity index (χ3v) is 4.54. The van der Waals surface area contributed by atoms with Crippen molar-refractivity contribution in [1.29, 1.82) is 0 Å². The van der Waals surface area contributed by atoms with Crippen molar-refractivity contribution in [1.82, 2.24) is 5.32 Å². The molecule has 0 radical (unpaired) electrons. The summed E-state index contributed by atoms with van der Waals surface area (Å²) in [6.45, 7) is 14.6. The molecule has 0 aromatic carbocycles. The number of rotatable bonds is 7. The Morgan fingerprint density at radius 1 is 1.29 bits per heavy atom. The SMILES string of the molecule is CCCOC1COCC(NC(=O)OC(C)(C)C)C(=O)OC(C)C1CCC(C)C. The molecule has 0 spiro atoms. The van der Waals surface area contributed by atoms with E-state index in [0.717, 1.165) is 19.3 Å². The first kappa shape index (κ1) is 24.7. The molecule has 0 aromatic heterocycles. The normalized spacial score (nSPS) is 26.8. The van der Waals surface area contributed by atoms with Gasteiger partial charge >= 0.3 is 12.1 Å². The second-order valence-corrected chi connectivity index (χ2v) is 8.92. The maximum absolute atomic E-state index is 12.6. The van der Waals surface area contributed by atoms with Gasteiger partial charge in [-0.3, -0.25) is 0 Å². The van der Waals surface area contributed by atoms with Gasteiger partial charge in [-0.2, -0.15) is 0 Å². The number of cyclic esters (lactones) is 1. The smallest absolute Gasteiger partial charge is 0.408 e. The van der Waals surface area contributed by atoms with Crippen LogP contribution in [0.2, 0.25) is 0 Å². The van der Waals surface area contributed by atoms with Crippen LogP contribution in [0.25, 0.3) is 0 Å². The van der Waals surface area contributed by atoms with Crippen molar-refractivity contribution in [2.75, 3.05) is 19.8 Å². The Kier molecular flexibility index (Phi) is 10.2. The minimum absolute atomic E-state index is 0.0215. The Morgan fingerprint density at radius 3 is 2.54 bits per heavy atom. The van der Waals surface area contributed by atoms with E-state index in [1.165, 1.54) is 0 Å². The van der Waals surface area contributed by atoms with Gasteiger partial charge in [0.2, 0.25) is 0 Å². The van der Waals surface area contributed by atoms with Crippen LogP contribution >= 0.6 is 0 Å². The number of amides is 1. The average Bonchev–Trinajstić information content (AvgIpc) is 2.60. The van der Waals surface area contributed by atoms with Crippen molar-refractivity contribution < 1.29 is 28.5 Å². The number of esters is 1. The van der Waals surface area contributed by atoms with Gasteiger partial charge in [-0.25, -0.2) is 9.59 Å². The van der Waals surface area contributed by atoms with Gasteiger partial charge in [0.15, 0.2) is 6.04 Å². The number of hydrogen-bond donors (Lipinski definition) is 1. The zero-order valence-corrected chi connectivity index (χ0v) is 18.6. The van der Waals surface area contributed by atoms with Crippen molar-refractivity contribution >= 4 is 12.1 Å². The topological polar surface area (TPSA) is 83.1 Å². The van der Waals surface area contributed by atoms with Crippen LogP contribution < -0.4 is 5.32 Å². The first-order valence-corrected chi connectivity index (χ1v) is 10.4. The molecule has 0 saturated carbocycles. The molecule has 7 nitrogen and oxygen atoms in total. The van der Waals surface area contributed by atoms with E-state index >= 15 is 0 Å². The highest BCUT2D eigenvalue weighted by Gasteiger charge is 2.35. The minimum atomic E-state index is -0.909. The fourth-order valence-electron chi connectivity index (χ4n) is 3.09. The van der Waals surface area contributed by atoms with Gasteiger partial charge in [-0.1, -0.05) is 27.2 Å². The van der Waals surface area contributed by atoms with Crippen LogP contribution in [0.5, 0.6) is 0 Å². The van der Waals surface area contributed by atoms with E-state index in [1.54, 1.807) is 20.8 Å². The van der Waals surface area contributed by atoms with E-state index in [4.69, 9.17) is 18.9 Å². The first-order valence-electron chi connectivity index (χ1n) is 10.4. The molecule has 4 unspecified atom stereocenters. The van der Waals surface area contributed by atoms with Crippen molar-refractivity contribution in [2.45, 2.75) is 91.6 Å². The number of hydrogen-bond acceptors (Lipinski definition) is 6. The summed E-state index contributed by atoms with van der Waals surface area (Å²) in [4.78, 5) is 24.7. The summed E-state index contributed by atoms with van der Waals surface area (Å²) in [5, 5.41) is 2.56. The van der Waals surface area contributed by atoms with E-state index in [-0.39, 0.29) is 24.7 Å². The summed E-state index contributed by atoms with van der Waals surface area (Å²) in [6, 6.07) is -0.909. The molecule has 7 heteroatoms. The van der Waals surface area contributed by atoms with E-state index in [1.807, 2.05) is 6.92 Å². The van der Waals surface area contributed by atoms with E-state index in [2.05, 4.69) is 26.1 Å². The van der Waals surface area contributed by atoms with Gasteiger partial charge in [-0.15, -0.1) is 0 Å². The maximum atomic E-state index is 12.6. The van der Waals surface area contributed by atoms with Crippen LogP contribution in [0.3, 0.4) is 0 Å². The minimum Gasteiger partial charge on any atom is -0.461 e. The summed E-state index contributed by atoms with van der Waals surface area (Å²) < 4.78 is 22.7. The lowest BCUT2D eigenvalue weighted by atomic mass is 9.89. The van der Waals surface area contributed by atoms with Crippen LogP contribution in [-0.2, 0) is 23.7 Å². The second-order valence-electron chi connectivity index (χ2n) is 8.92. The number of alkyl carbamates (subject to hydrolysis) is 1. The first-order chi connectivity index (χ1) is 13.0. The molecule has 1 amide bonds. The summed E-state index contributed by atoms with van der Waals surface area (Å²) in [6.07, 6.45) is 1.65. The molecular weight excluding hydrogens is 362 g/mol. The fraction of sp³-hybridized carbons (Fsp3) is 0.905. The highest BCUT2D eigenvalue weighted by atomic mass is 16.6. The highest BCUT2D eigenvalue weighted by Crippen LogP contribution is 2.26. The van der Waals surface area contributed by atoms with Crippen molar-refractivity contribution in [3.8, 4) is 0 Å². The van der Waals surface area contributed by atoms with Crippen molar-refractivity contribution in [3.63, 3.8) is 0 Å². The molecule has 0 aromatic rings. The number of carbonyl (C=O) groups is 2. The lowest BCUT2D eigenvalue weighted by Gasteiger charge is -2.31. The van der Waals surface area contributed by atoms with Crippen LogP contribution in [0, 0.1) is 11.8 Å². The van der Waals surface area contributed by atoms with Crippen LogP contribution in [0.1, 0.15) is 67.7 Å². The molecule has 1 aliphatic rings. The van der Waals surface area contributed by atoms with Crippen molar-refractivity contribution in [3.05, 3.63) is 0 Å². The number of nitrogens with one attached hydrogen (secondary N) is 1. The zero-order valence-electron chi connectivity index (χ0n) is 18.6. The fourth-order valence-corrected chi connectivity index (χ4v) is 3.09. The zero-order chi connectivity index (χ0) is 21.3. The lowest BCUT2D eigenvalue weighted by molar-refractivity contribution is -0.155. The molecular formula is C21H39NO6. The largest absolute Gasteiger partial charge is 0.461 e. The molecule has 1 N–H and O–H groups in total. The Balaban J connectivity index is 2.86. The quantitative estimate of drug-likeness (QED) is 0.655. The van der Waals surface area contributed by atoms with Gasteiger partial charge in [0, 0.05) is 12.5 Å². The summed E-state index contributed by atoms with van der Waals surface area (Å²) in [5.41, 5.74) is -0.651. The second kappa shape index (κ2) is 11.6. The summed E-state index contributed by atoms with van der Waals surface area (Å²) >= 11 is 0. The third-order valence-electron chi connectivity index (χ3n) is 4.54. The summed E-state index contributed by atoms with van der Waals surface area (Å²) in [5.74, 6) is 0.0760. The van der Waals surface area contributed by atoms with E-state index in [0.29, 0.717) is 19.1 Å². The Bertz CT molecular complexity index is 488. The number of ether oxygens (including phenoxy) is 4. The van der Waals surface area contributed by atoms with Gasteiger partial charge in [0.1, 0.15) is 11.7 Å². The molecule has 164 valence electrons. The van der Waals surface area contributed by atoms with Gasteiger partial charge in [0.25, 0.3) is 0 Å². The monoisotopic (exact) mass is 401 g/mol. The van der Waals surface area contributed by atoms with Crippen molar-refractivity contribution in [2.24, 2.45) is 11.8 Å². The van der Waals surface area contributed by atoms with Gasteiger partial charge in [-0.05, 0) is 46.5 Å². The third kappa shape index (κ3) is 9.24. The summed E-state index contributed by atoms with van der Waals surface area (Å²) in [7, 11) is 0. The van der Waals surface area contributed by atoms with Gasteiger partial charge < -0.3 is 24.3 Å². The lowest BCUT2D eigenvalue weighted by Crippen LogP contribution is -2.47. The van der Waals surface area contributed by atoms with Crippen LogP contribution in [0.15, 0.2) is 0 Å². The average molecular weight is 402 g/mol. The Hall–Kier alpha value is -1.34. The maximum Gasteiger partial charge on any atom is 0.408 e. The molecule has 28 heavy (non-hydrogen) atoms. The molecule has 0 bridgehead atoms. The van der Waals surface area contributed by atoms with E-state index < -0.39 is 23.7 Å². The van der Waals surface area contributed by atoms with E-state index in [9.17, 15) is 9.59 Å².